The van der Waals surface area contributed by atoms with Crippen LogP contribution in [0.5, 0.6) is 0 Å². The van der Waals surface area contributed by atoms with Crippen LogP contribution in [0.4, 0.5) is 34.1 Å². The van der Waals surface area contributed by atoms with E-state index < -0.39 is 23.8 Å². The van der Waals surface area contributed by atoms with E-state index in [0.717, 1.165) is 86.6 Å². The van der Waals surface area contributed by atoms with Gasteiger partial charge in [-0.1, -0.05) is 143 Å². The third-order valence-electron chi connectivity index (χ3n) is 19.0. The second kappa shape index (κ2) is 44.1. The van der Waals surface area contributed by atoms with Crippen molar-refractivity contribution in [2.75, 3.05) is 49.6 Å². The molecule has 618 valence electrons. The summed E-state index contributed by atoms with van der Waals surface area (Å²) in [6.45, 7) is 11.3. The van der Waals surface area contributed by atoms with Gasteiger partial charge in [0.05, 0.1) is 89.2 Å². The molecule has 0 spiro atoms. The Balaban J connectivity index is 0.000000208. The lowest BCUT2D eigenvalue weighted by atomic mass is 10.0. The van der Waals surface area contributed by atoms with Crippen molar-refractivity contribution in [1.29, 1.82) is 10.5 Å². The Kier molecular flexibility index (Phi) is 33.7. The number of nitrogens with zero attached hydrogens (tertiary/aromatic N) is 12. The first kappa shape index (κ1) is 90.3. The molecule has 5 aromatic heterocycles. The van der Waals surface area contributed by atoms with Crippen LogP contribution in [0.2, 0.25) is 5.15 Å². The zero-order valence-corrected chi connectivity index (χ0v) is 68.7. The number of para-hydroxylation sites is 3. The first-order chi connectivity index (χ1) is 56.7. The first-order valence-corrected chi connectivity index (χ1v) is 39.4. The number of benzene rings is 6. The summed E-state index contributed by atoms with van der Waals surface area (Å²) >= 11 is 5.50. The maximum Gasteiger partial charge on any atom is 0.408 e. The van der Waals surface area contributed by atoms with Gasteiger partial charge >= 0.3 is 24.0 Å². The van der Waals surface area contributed by atoms with Crippen molar-refractivity contribution in [1.82, 2.24) is 53.9 Å². The second-order valence-corrected chi connectivity index (χ2v) is 28.8. The smallest absolute Gasteiger partial charge is 0.408 e. The fraction of sp³-hybridized carbons (Fsp3) is 0.356. The average molecular weight is 1630 g/mol. The monoisotopic (exact) mass is 1620 g/mol. The number of esters is 3. The van der Waals surface area contributed by atoms with Crippen LogP contribution in [0.25, 0.3) is 49.8 Å². The van der Waals surface area contributed by atoms with Crippen LogP contribution >= 0.6 is 11.6 Å². The first-order valence-electron chi connectivity index (χ1n) is 39.1. The maximum atomic E-state index is 14.2. The molecule has 1 amide bonds. The van der Waals surface area contributed by atoms with Gasteiger partial charge < -0.3 is 58.2 Å². The van der Waals surface area contributed by atoms with Gasteiger partial charge in [-0.2, -0.15) is 30.5 Å². The number of carbonyl (C=O) groups excluding carboxylic acids is 4. The maximum absolute atomic E-state index is 14.2. The van der Waals surface area contributed by atoms with E-state index in [2.05, 4.69) is 35.3 Å². The van der Waals surface area contributed by atoms with Gasteiger partial charge in [-0.15, -0.1) is 0 Å². The highest BCUT2D eigenvalue weighted by Gasteiger charge is 2.28. The number of unbranched alkanes of at least 4 members (excludes halogenated alkanes) is 6. The number of fused-ring (bicyclic) bond motifs is 3. The summed E-state index contributed by atoms with van der Waals surface area (Å²) in [5.74, 6) is 0.914. The third kappa shape index (κ3) is 24.2. The minimum Gasteiger partial charge on any atom is -0.469 e. The number of carbonyl (C=O) groups is 4. The van der Waals surface area contributed by atoms with E-state index in [1.54, 1.807) is 40.5 Å². The van der Waals surface area contributed by atoms with Gasteiger partial charge in [-0.05, 0) is 169 Å². The number of methoxy groups -OCH3 is 3. The summed E-state index contributed by atoms with van der Waals surface area (Å²) in [5, 5.41) is 26.0. The highest BCUT2D eigenvalue weighted by Crippen LogP contribution is 2.31. The normalized spacial score (nSPS) is 11.7. The highest BCUT2D eigenvalue weighted by atomic mass is 35.5. The van der Waals surface area contributed by atoms with Crippen molar-refractivity contribution in [2.45, 2.75) is 181 Å². The van der Waals surface area contributed by atoms with Crippen LogP contribution in [0.1, 0.15) is 201 Å². The summed E-state index contributed by atoms with van der Waals surface area (Å²) in [4.78, 5) is 118. The molecule has 30 nitrogen and oxygen atoms in total. The van der Waals surface area contributed by atoms with Gasteiger partial charge in [0.1, 0.15) is 58.0 Å². The fourth-order valence-electron chi connectivity index (χ4n) is 13.1. The number of alkyl carbamates (subject to hydrolysis) is 1. The van der Waals surface area contributed by atoms with Crippen LogP contribution in [-0.2, 0) is 52.6 Å². The fourth-order valence-corrected chi connectivity index (χ4v) is 13.4. The Bertz CT molecular complexity index is 5550. The predicted molar refractivity (Wildman–Crippen MR) is 457 cm³/mol. The minimum absolute atomic E-state index is 0.00463. The summed E-state index contributed by atoms with van der Waals surface area (Å²) < 4.78 is 24.4. The van der Waals surface area contributed by atoms with Gasteiger partial charge in [0.2, 0.25) is 11.9 Å². The van der Waals surface area contributed by atoms with Crippen LogP contribution in [-0.4, -0.2) is 99.5 Å². The number of nitriles is 2. The number of nitrogens with two attached hydrogens (primary N) is 5. The third-order valence-corrected chi connectivity index (χ3v) is 19.3. The molecule has 5 heterocycles. The molecule has 11 rings (SSSR count). The van der Waals surface area contributed by atoms with E-state index in [0.29, 0.717) is 113 Å². The average Bonchev–Trinajstić information content (AvgIpc) is 0.767. The van der Waals surface area contributed by atoms with Crippen molar-refractivity contribution in [3.63, 3.8) is 0 Å². The quantitative estimate of drug-likeness (QED) is 0.00951. The van der Waals surface area contributed by atoms with Gasteiger partial charge in [0.25, 0.3) is 16.7 Å². The van der Waals surface area contributed by atoms with Gasteiger partial charge in [0, 0.05) is 19.3 Å². The Morgan fingerprint density at radius 3 is 1.16 bits per heavy atom. The number of halogens is 1. The molecule has 118 heavy (non-hydrogen) atoms. The Morgan fingerprint density at radius 1 is 0.458 bits per heavy atom. The SMILES string of the molecule is CC[C@H](N)c1nc2cccc(CCCCCC(=O)OC)c2c(=O)n1-c1ccccc1.CC[C@H](NC(=O)OC(C)(C)C)c1nc2cccc(CCCCCC(=O)OC)c2c(=O)n1-c1ccccc1.CC[C@H](Nc1nc(N)nc(N)c1C#N)c1nc2cccc(CCCCCC(=O)OC)c2c(=O)n1-c1ccccc1.N#Cc1c(N)nc(N)nc1Cl. The van der Waals surface area contributed by atoms with E-state index in [1.165, 1.54) is 21.3 Å². The van der Waals surface area contributed by atoms with Crippen molar-refractivity contribution in [3.05, 3.63) is 227 Å². The number of hydrogen-bond donors (Lipinski definition) is 7. The molecule has 0 fully saturated rings. The second-order valence-electron chi connectivity index (χ2n) is 28.5. The zero-order chi connectivity index (χ0) is 85.6. The number of anilines is 5. The zero-order valence-electron chi connectivity index (χ0n) is 67.9. The number of rotatable bonds is 30. The van der Waals surface area contributed by atoms with Crippen LogP contribution in [0.3, 0.4) is 0 Å². The lowest BCUT2D eigenvalue weighted by Crippen LogP contribution is -2.37. The molecular formula is C87H102ClN19O11. The van der Waals surface area contributed by atoms with Gasteiger partial charge in [-0.3, -0.25) is 42.5 Å². The van der Waals surface area contributed by atoms with Crippen molar-refractivity contribution < 1.29 is 38.1 Å². The Morgan fingerprint density at radius 2 is 0.814 bits per heavy atom. The van der Waals surface area contributed by atoms with E-state index >= 15 is 0 Å². The number of nitrogens with one attached hydrogen (secondary N) is 2. The van der Waals surface area contributed by atoms with Crippen LogP contribution in [0, 0.1) is 22.7 Å². The minimum atomic E-state index is -0.649. The summed E-state index contributed by atoms with van der Waals surface area (Å²) in [7, 11) is 4.18. The lowest BCUT2D eigenvalue weighted by Gasteiger charge is -2.25. The van der Waals surface area contributed by atoms with E-state index in [-0.39, 0.29) is 86.3 Å². The molecule has 12 N–H and O–H groups in total. The van der Waals surface area contributed by atoms with Gasteiger partial charge in [0.15, 0.2) is 11.0 Å². The molecule has 0 unspecified atom stereocenters. The molecule has 3 atom stereocenters. The molecule has 0 saturated carbocycles. The molecule has 0 bridgehead atoms. The molecule has 0 radical (unpaired) electrons. The number of aryl methyl sites for hydroxylation is 3. The number of nitrogen functional groups attached to an aromatic ring is 4. The number of aromatic nitrogens is 10. The van der Waals surface area contributed by atoms with Crippen LogP contribution < -0.4 is 56.0 Å². The molecule has 11 aromatic rings. The van der Waals surface area contributed by atoms with Crippen molar-refractivity contribution >= 4 is 97.7 Å². The van der Waals surface area contributed by atoms with E-state index in [9.17, 15) is 38.8 Å². The molecule has 6 aromatic carbocycles. The van der Waals surface area contributed by atoms with Crippen molar-refractivity contribution in [3.8, 4) is 29.2 Å². The lowest BCUT2D eigenvalue weighted by molar-refractivity contribution is -0.141. The van der Waals surface area contributed by atoms with Gasteiger partial charge in [-0.25, -0.2) is 19.7 Å². The van der Waals surface area contributed by atoms with E-state index in [1.807, 2.05) is 172 Å². The van der Waals surface area contributed by atoms with Crippen molar-refractivity contribution in [2.24, 2.45) is 5.73 Å². The van der Waals surface area contributed by atoms with Crippen LogP contribution in [0.15, 0.2) is 160 Å². The Hall–Kier alpha value is -13.2. The predicted octanol–water partition coefficient (Wildman–Crippen LogP) is 13.9. The number of amides is 1. The number of ether oxygens (including phenoxy) is 4. The topological polar surface area (TPSA) is 463 Å². The summed E-state index contributed by atoms with van der Waals surface area (Å²) in [5.41, 5.74) is 34.3. The largest absolute Gasteiger partial charge is 0.469 e. The molecule has 0 aliphatic carbocycles. The van der Waals surface area contributed by atoms with E-state index in [4.69, 9.17) is 74.7 Å². The molecule has 0 aliphatic rings. The molecule has 0 saturated heterocycles. The Labute approximate surface area is 689 Å². The highest BCUT2D eigenvalue weighted by molar-refractivity contribution is 6.31. The molecule has 31 heteroatoms. The standard InChI is InChI=1S/C29H32N8O3.C29H37N3O5.C24H29N3O3.C5H4ClN5/c1-3-21(33-26-20(17-30)25(31)35-29(32)36-26)27-34-22-15-10-12-18(11-6-4-9-16-23(38)40-2)24(22)28(39)37(27)19-13-7-5-8-14-19;1-6-22(31-28(35)37-29(2,3)4)26-30-23-18-13-15-20(14-9-7-12-19-24(33)36-5)25(23)27(34)32(26)21-16-10-8-11-17-21;1-3-19(25)23-26-20-15-10-12-17(11-6-4-9-16-21(28)30-2)22(20)24(29)27(23)18-13-7-5-8-14-18;6-3-2(1-7)4(8)11-5(9)10-3/h5,7-8,10,12-15,21H,3-4,6,9,11,16H2,1-2H3,(H5,31,32,33,35,36);8,10-11,13,15-18,22H,6-7,9,12,14,19H2,1-5H3,(H,31,35);5,7-8,10,12-15,19H,3-4,6,9,11,16,25H2,1-2H3;(H4,8,9,10,11)/t21-;22-;19-;/m000./s1. The number of hydrogen-bond acceptors (Lipinski definition) is 26. The molecular weight excluding hydrogens is 1520 g/mol. The summed E-state index contributed by atoms with van der Waals surface area (Å²) in [6, 6.07) is 47.7. The summed E-state index contributed by atoms with van der Waals surface area (Å²) in [6.07, 6.45) is 11.8. The molecule has 0 aliphatic heterocycles.